The van der Waals surface area contributed by atoms with E-state index >= 15 is 0 Å². The van der Waals surface area contributed by atoms with Crippen molar-refractivity contribution in [2.75, 3.05) is 20.3 Å². The van der Waals surface area contributed by atoms with Gasteiger partial charge in [-0.2, -0.15) is 0 Å². The van der Waals surface area contributed by atoms with E-state index in [1.54, 1.807) is 7.11 Å². The third kappa shape index (κ3) is 4.44. The molecule has 6 heteroatoms. The minimum absolute atomic E-state index is 0.0293. The van der Waals surface area contributed by atoms with Gasteiger partial charge >= 0.3 is 0 Å². The first kappa shape index (κ1) is 17.2. The summed E-state index contributed by atoms with van der Waals surface area (Å²) in [6.45, 7) is 4.67. The average Bonchev–Trinajstić information content (AvgIpc) is 2.47. The Balaban J connectivity index is 2.12. The molecule has 22 heavy (non-hydrogen) atoms. The topological polar surface area (TPSA) is 64.6 Å². The molecule has 2 atom stereocenters. The van der Waals surface area contributed by atoms with Gasteiger partial charge in [0, 0.05) is 18.6 Å². The zero-order valence-corrected chi connectivity index (χ0v) is 14.2. The van der Waals surface area contributed by atoms with Crippen LogP contribution in [0.1, 0.15) is 25.8 Å². The van der Waals surface area contributed by atoms with Gasteiger partial charge in [0.2, 0.25) is 10.0 Å². The van der Waals surface area contributed by atoms with Crippen molar-refractivity contribution in [2.45, 2.75) is 38.0 Å². The fourth-order valence-corrected chi connectivity index (χ4v) is 4.78. The van der Waals surface area contributed by atoms with E-state index in [0.717, 1.165) is 11.3 Å². The first-order valence-corrected chi connectivity index (χ1v) is 9.19. The molecule has 0 saturated carbocycles. The van der Waals surface area contributed by atoms with Crippen molar-refractivity contribution in [3.8, 4) is 5.75 Å². The van der Waals surface area contributed by atoms with Crippen molar-refractivity contribution < 1.29 is 17.9 Å². The second kappa shape index (κ2) is 7.44. The van der Waals surface area contributed by atoms with E-state index in [2.05, 4.69) is 4.72 Å². The van der Waals surface area contributed by atoms with Gasteiger partial charge in [-0.25, -0.2) is 13.1 Å². The monoisotopic (exact) mass is 327 g/mol. The van der Waals surface area contributed by atoms with Crippen molar-refractivity contribution >= 4 is 10.0 Å². The number of nitrogens with one attached hydrogen (secondary N) is 1. The lowest BCUT2D eigenvalue weighted by Gasteiger charge is -2.32. The van der Waals surface area contributed by atoms with Crippen molar-refractivity contribution in [1.29, 1.82) is 0 Å². The van der Waals surface area contributed by atoms with Gasteiger partial charge in [-0.15, -0.1) is 0 Å². The number of rotatable bonds is 6. The van der Waals surface area contributed by atoms with Gasteiger partial charge in [-0.05, 0) is 44.4 Å². The quantitative estimate of drug-likeness (QED) is 0.867. The summed E-state index contributed by atoms with van der Waals surface area (Å²) in [6, 6.07) is 7.67. The Hall–Kier alpha value is -1.11. The second-order valence-electron chi connectivity index (χ2n) is 6.03. The van der Waals surface area contributed by atoms with Gasteiger partial charge in [0.05, 0.1) is 19.0 Å². The van der Waals surface area contributed by atoms with Crippen molar-refractivity contribution in [1.82, 2.24) is 4.72 Å². The van der Waals surface area contributed by atoms with Gasteiger partial charge in [-0.3, -0.25) is 0 Å². The van der Waals surface area contributed by atoms with E-state index in [-0.39, 0.29) is 12.0 Å². The molecular weight excluding hydrogens is 302 g/mol. The first-order valence-electron chi connectivity index (χ1n) is 7.64. The summed E-state index contributed by atoms with van der Waals surface area (Å²) in [5, 5.41) is -0.397. The van der Waals surface area contributed by atoms with Crippen LogP contribution in [-0.2, 0) is 21.2 Å². The Kier molecular flexibility index (Phi) is 5.83. The zero-order valence-electron chi connectivity index (χ0n) is 13.4. The maximum atomic E-state index is 12.5. The minimum Gasteiger partial charge on any atom is -0.497 e. The predicted molar refractivity (Wildman–Crippen MR) is 86.6 cm³/mol. The third-order valence-electron chi connectivity index (χ3n) is 3.86. The summed E-state index contributed by atoms with van der Waals surface area (Å²) in [7, 11) is -1.69. The Bertz CT molecular complexity index is 568. The number of hydrogen-bond donors (Lipinski definition) is 1. The SMILES string of the molecule is COc1ccc(C[C@@H]2COCC[C@@H]2S(=O)(=O)NC(C)C)cc1. The van der Waals surface area contributed by atoms with Crippen molar-refractivity contribution in [3.05, 3.63) is 29.8 Å². The fourth-order valence-electron chi connectivity index (χ4n) is 2.86. The molecule has 0 bridgehead atoms. The zero-order chi connectivity index (χ0) is 16.2. The minimum atomic E-state index is -3.32. The van der Waals surface area contributed by atoms with Gasteiger partial charge in [-0.1, -0.05) is 12.1 Å². The molecule has 1 aliphatic heterocycles. The van der Waals surface area contributed by atoms with Crippen molar-refractivity contribution in [2.24, 2.45) is 5.92 Å². The molecule has 5 nitrogen and oxygen atoms in total. The molecule has 0 aliphatic carbocycles. The Morgan fingerprint density at radius 1 is 1.32 bits per heavy atom. The van der Waals surface area contributed by atoms with Crippen LogP contribution in [0.3, 0.4) is 0 Å². The van der Waals surface area contributed by atoms with Crippen LogP contribution >= 0.6 is 0 Å². The summed E-state index contributed by atoms with van der Waals surface area (Å²) in [6.07, 6.45) is 1.23. The highest BCUT2D eigenvalue weighted by Crippen LogP contribution is 2.26. The molecule has 0 spiro atoms. The molecule has 1 heterocycles. The third-order valence-corrected chi connectivity index (χ3v) is 6.08. The molecule has 0 amide bonds. The van der Waals surface area contributed by atoms with Crippen molar-refractivity contribution in [3.63, 3.8) is 0 Å². The van der Waals surface area contributed by atoms with Gasteiger partial charge < -0.3 is 9.47 Å². The standard InChI is InChI=1S/C16H25NO4S/c1-12(2)17-22(18,19)16-8-9-21-11-14(16)10-13-4-6-15(20-3)7-5-13/h4-7,12,14,16-17H,8-11H2,1-3H3/t14-,16+/m1/s1. The normalized spacial score (nSPS) is 22.7. The van der Waals surface area contributed by atoms with Crippen LogP contribution in [0.5, 0.6) is 5.75 Å². The highest BCUT2D eigenvalue weighted by Gasteiger charge is 2.36. The van der Waals surface area contributed by atoms with Crippen LogP contribution in [0, 0.1) is 5.92 Å². The number of sulfonamides is 1. The van der Waals surface area contributed by atoms with E-state index in [4.69, 9.17) is 9.47 Å². The smallest absolute Gasteiger partial charge is 0.215 e. The molecule has 2 rings (SSSR count). The van der Waals surface area contributed by atoms with Gasteiger partial charge in [0.1, 0.15) is 5.75 Å². The Morgan fingerprint density at radius 3 is 2.59 bits per heavy atom. The largest absolute Gasteiger partial charge is 0.497 e. The van der Waals surface area contributed by atoms with E-state index in [1.165, 1.54) is 0 Å². The molecule has 124 valence electrons. The highest BCUT2D eigenvalue weighted by atomic mass is 32.2. The second-order valence-corrected chi connectivity index (χ2v) is 7.96. The molecule has 1 aromatic carbocycles. The summed E-state index contributed by atoms with van der Waals surface area (Å²) in [4.78, 5) is 0. The summed E-state index contributed by atoms with van der Waals surface area (Å²) < 4.78 is 38.4. The van der Waals surface area contributed by atoms with Crippen LogP contribution in [0.4, 0.5) is 0 Å². The predicted octanol–water partition coefficient (Wildman–Crippen LogP) is 1.97. The lowest BCUT2D eigenvalue weighted by molar-refractivity contribution is 0.0569. The summed E-state index contributed by atoms with van der Waals surface area (Å²) in [5.74, 6) is 0.771. The molecule has 0 radical (unpaired) electrons. The van der Waals surface area contributed by atoms with Gasteiger partial charge in [0.15, 0.2) is 0 Å². The number of methoxy groups -OCH3 is 1. The fraction of sp³-hybridized carbons (Fsp3) is 0.625. The van der Waals surface area contributed by atoms with Crippen LogP contribution < -0.4 is 9.46 Å². The molecule has 1 fully saturated rings. The number of ether oxygens (including phenoxy) is 2. The summed E-state index contributed by atoms with van der Waals surface area (Å²) in [5.41, 5.74) is 1.10. The van der Waals surface area contributed by atoms with E-state index in [9.17, 15) is 8.42 Å². The molecule has 1 aromatic rings. The molecule has 1 N–H and O–H groups in total. The number of benzene rings is 1. The molecule has 0 unspecified atom stereocenters. The molecule has 1 saturated heterocycles. The van der Waals surface area contributed by atoms with Crippen LogP contribution in [0.15, 0.2) is 24.3 Å². The van der Waals surface area contributed by atoms with E-state index in [1.807, 2.05) is 38.1 Å². The molecular formula is C16H25NO4S. The lowest BCUT2D eigenvalue weighted by Crippen LogP contribution is -2.46. The van der Waals surface area contributed by atoms with Crippen LogP contribution in [0.2, 0.25) is 0 Å². The maximum Gasteiger partial charge on any atom is 0.215 e. The summed E-state index contributed by atoms with van der Waals surface area (Å²) >= 11 is 0. The maximum absolute atomic E-state index is 12.5. The average molecular weight is 327 g/mol. The Morgan fingerprint density at radius 2 is 2.00 bits per heavy atom. The number of hydrogen-bond acceptors (Lipinski definition) is 4. The highest BCUT2D eigenvalue weighted by molar-refractivity contribution is 7.90. The lowest BCUT2D eigenvalue weighted by atomic mass is 9.93. The van der Waals surface area contributed by atoms with E-state index < -0.39 is 15.3 Å². The van der Waals surface area contributed by atoms with Crippen LogP contribution in [0.25, 0.3) is 0 Å². The van der Waals surface area contributed by atoms with Gasteiger partial charge in [0.25, 0.3) is 0 Å². The Labute approximate surface area is 133 Å². The van der Waals surface area contributed by atoms with E-state index in [0.29, 0.717) is 26.1 Å². The first-order chi connectivity index (χ1) is 10.4. The van der Waals surface area contributed by atoms with Crippen LogP contribution in [-0.4, -0.2) is 40.0 Å². The molecule has 1 aliphatic rings. The molecule has 0 aromatic heterocycles.